The van der Waals surface area contributed by atoms with Crippen LogP contribution in [0.4, 0.5) is 0 Å². The predicted octanol–water partition coefficient (Wildman–Crippen LogP) is 3.72. The van der Waals surface area contributed by atoms with Crippen molar-refractivity contribution in [2.75, 3.05) is 0 Å². The first-order chi connectivity index (χ1) is 8.80. The molecule has 0 saturated heterocycles. The van der Waals surface area contributed by atoms with Crippen LogP contribution in [0, 0.1) is 25.2 Å². The Labute approximate surface area is 114 Å². The van der Waals surface area contributed by atoms with Gasteiger partial charge < -0.3 is 9.67 Å². The highest BCUT2D eigenvalue weighted by Crippen LogP contribution is 2.49. The number of aliphatic carboxylic acids is 1. The molecule has 3 nitrogen and oxygen atoms in total. The van der Waals surface area contributed by atoms with E-state index >= 15 is 0 Å². The maximum atomic E-state index is 11.8. The molecule has 0 unspecified atom stereocenters. The second-order valence-electron chi connectivity index (χ2n) is 6.04. The third-order valence-corrected chi connectivity index (χ3v) is 4.70. The SMILES string of the molecule is CC1=C[C@@H](n2c(C)ccc2C)C[C@]1(C(=O)O)C(C)C. The normalized spacial score (nSPS) is 26.8. The maximum Gasteiger partial charge on any atom is 0.314 e. The monoisotopic (exact) mass is 261 g/mol. The van der Waals surface area contributed by atoms with Crippen LogP contribution in [-0.4, -0.2) is 15.6 Å². The van der Waals surface area contributed by atoms with E-state index in [2.05, 4.69) is 36.6 Å². The molecule has 19 heavy (non-hydrogen) atoms. The van der Waals surface area contributed by atoms with Crippen LogP contribution in [0.2, 0.25) is 0 Å². The van der Waals surface area contributed by atoms with Crippen LogP contribution >= 0.6 is 0 Å². The number of carbonyl (C=O) groups is 1. The van der Waals surface area contributed by atoms with E-state index in [0.29, 0.717) is 6.42 Å². The van der Waals surface area contributed by atoms with Crippen LogP contribution < -0.4 is 0 Å². The summed E-state index contributed by atoms with van der Waals surface area (Å²) in [6.45, 7) is 10.1. The Kier molecular flexibility index (Phi) is 3.33. The lowest BCUT2D eigenvalue weighted by Gasteiger charge is -2.32. The van der Waals surface area contributed by atoms with Crippen LogP contribution in [-0.2, 0) is 4.79 Å². The van der Waals surface area contributed by atoms with Gasteiger partial charge in [-0.25, -0.2) is 0 Å². The van der Waals surface area contributed by atoms with E-state index < -0.39 is 11.4 Å². The average molecular weight is 261 g/mol. The summed E-state index contributed by atoms with van der Waals surface area (Å²) in [5, 5.41) is 9.71. The number of carboxylic acids is 1. The van der Waals surface area contributed by atoms with Gasteiger partial charge in [-0.3, -0.25) is 4.79 Å². The first kappa shape index (κ1) is 13.9. The fourth-order valence-corrected chi connectivity index (χ4v) is 3.55. The quantitative estimate of drug-likeness (QED) is 0.842. The number of aryl methyl sites for hydroxylation is 2. The highest BCUT2D eigenvalue weighted by atomic mass is 16.4. The molecule has 0 radical (unpaired) electrons. The topological polar surface area (TPSA) is 42.2 Å². The molecule has 1 heterocycles. The van der Waals surface area contributed by atoms with Crippen LogP contribution in [0.1, 0.15) is 44.6 Å². The third-order valence-electron chi connectivity index (χ3n) is 4.70. The van der Waals surface area contributed by atoms with Gasteiger partial charge in [0.25, 0.3) is 0 Å². The first-order valence-electron chi connectivity index (χ1n) is 6.87. The van der Waals surface area contributed by atoms with Gasteiger partial charge in [0.1, 0.15) is 0 Å². The Bertz CT molecular complexity index is 519. The second-order valence-corrected chi connectivity index (χ2v) is 6.04. The van der Waals surface area contributed by atoms with Gasteiger partial charge in [0, 0.05) is 11.4 Å². The zero-order valence-corrected chi connectivity index (χ0v) is 12.4. The number of carboxylic acid groups (broad SMARTS) is 1. The molecule has 1 aliphatic rings. The van der Waals surface area contributed by atoms with Crippen LogP contribution in [0.25, 0.3) is 0 Å². The summed E-state index contributed by atoms with van der Waals surface area (Å²) in [6.07, 6.45) is 2.79. The van der Waals surface area contributed by atoms with Crippen molar-refractivity contribution in [2.45, 2.75) is 47.1 Å². The first-order valence-corrected chi connectivity index (χ1v) is 6.87. The van der Waals surface area contributed by atoms with E-state index in [4.69, 9.17) is 0 Å². The van der Waals surface area contributed by atoms with Crippen molar-refractivity contribution < 1.29 is 9.90 Å². The molecule has 1 aromatic heterocycles. The minimum Gasteiger partial charge on any atom is -0.481 e. The molecule has 3 heteroatoms. The smallest absolute Gasteiger partial charge is 0.314 e. The van der Waals surface area contributed by atoms with Crippen molar-refractivity contribution in [3.63, 3.8) is 0 Å². The summed E-state index contributed by atoms with van der Waals surface area (Å²) >= 11 is 0. The van der Waals surface area contributed by atoms with Crippen LogP contribution in [0.3, 0.4) is 0 Å². The van der Waals surface area contributed by atoms with Crippen molar-refractivity contribution in [2.24, 2.45) is 11.3 Å². The van der Waals surface area contributed by atoms with Gasteiger partial charge in [-0.1, -0.05) is 25.5 Å². The molecular formula is C16H23NO2. The number of nitrogens with zero attached hydrogens (tertiary/aromatic N) is 1. The molecular weight excluding hydrogens is 238 g/mol. The fourth-order valence-electron chi connectivity index (χ4n) is 3.55. The zero-order chi connectivity index (χ0) is 14.4. The summed E-state index contributed by atoms with van der Waals surface area (Å²) in [5.74, 6) is -0.594. The van der Waals surface area contributed by atoms with Crippen molar-refractivity contribution in [3.8, 4) is 0 Å². The maximum absolute atomic E-state index is 11.8. The van der Waals surface area contributed by atoms with E-state index in [1.807, 2.05) is 20.8 Å². The number of hydrogen-bond donors (Lipinski definition) is 1. The minimum absolute atomic E-state index is 0.0995. The van der Waals surface area contributed by atoms with Gasteiger partial charge in [-0.05, 0) is 45.2 Å². The molecule has 1 N–H and O–H groups in total. The van der Waals surface area contributed by atoms with Crippen molar-refractivity contribution in [3.05, 3.63) is 35.2 Å². The van der Waals surface area contributed by atoms with E-state index in [-0.39, 0.29) is 12.0 Å². The zero-order valence-electron chi connectivity index (χ0n) is 12.4. The Morgan fingerprint density at radius 3 is 2.21 bits per heavy atom. The molecule has 0 fully saturated rings. The van der Waals surface area contributed by atoms with Gasteiger partial charge in [0.15, 0.2) is 0 Å². The molecule has 104 valence electrons. The van der Waals surface area contributed by atoms with Gasteiger partial charge in [-0.15, -0.1) is 0 Å². The molecule has 0 spiro atoms. The summed E-state index contributed by atoms with van der Waals surface area (Å²) in [7, 11) is 0. The van der Waals surface area contributed by atoms with E-state index in [1.165, 1.54) is 11.4 Å². The molecule has 0 bridgehead atoms. The lowest BCUT2D eigenvalue weighted by atomic mass is 9.72. The van der Waals surface area contributed by atoms with E-state index in [0.717, 1.165) is 5.57 Å². The van der Waals surface area contributed by atoms with Gasteiger partial charge in [0.05, 0.1) is 11.5 Å². The molecule has 2 atom stereocenters. The number of allylic oxidation sites excluding steroid dienone is 1. The number of aromatic nitrogens is 1. The van der Waals surface area contributed by atoms with Crippen molar-refractivity contribution in [1.82, 2.24) is 4.57 Å². The van der Waals surface area contributed by atoms with Crippen molar-refractivity contribution >= 4 is 5.97 Å². The van der Waals surface area contributed by atoms with E-state index in [9.17, 15) is 9.90 Å². The Morgan fingerprint density at radius 1 is 1.32 bits per heavy atom. The Hall–Kier alpha value is -1.51. The lowest BCUT2D eigenvalue weighted by Crippen LogP contribution is -2.36. The van der Waals surface area contributed by atoms with Gasteiger partial charge in [0.2, 0.25) is 0 Å². The summed E-state index contributed by atoms with van der Waals surface area (Å²) in [4.78, 5) is 11.8. The van der Waals surface area contributed by atoms with Gasteiger partial charge in [-0.2, -0.15) is 0 Å². The molecule has 0 saturated carbocycles. The molecule has 0 amide bonds. The minimum atomic E-state index is -0.714. The predicted molar refractivity (Wildman–Crippen MR) is 76.2 cm³/mol. The number of hydrogen-bond acceptors (Lipinski definition) is 1. The lowest BCUT2D eigenvalue weighted by molar-refractivity contribution is -0.149. The fraction of sp³-hybridized carbons (Fsp3) is 0.562. The largest absolute Gasteiger partial charge is 0.481 e. The second kappa shape index (κ2) is 4.55. The van der Waals surface area contributed by atoms with Crippen LogP contribution in [0.15, 0.2) is 23.8 Å². The standard InChI is InChI=1S/C16H23NO2/c1-10(2)16(15(18)19)9-14(8-11(16)3)17-12(4)6-7-13(17)5/h6-8,10,14H,9H2,1-5H3,(H,18,19)/t14-,16+/m1/s1. The Balaban J connectivity index is 2.45. The summed E-state index contributed by atoms with van der Waals surface area (Å²) in [5.41, 5.74) is 2.66. The highest BCUT2D eigenvalue weighted by Gasteiger charge is 2.48. The summed E-state index contributed by atoms with van der Waals surface area (Å²) < 4.78 is 2.25. The third kappa shape index (κ3) is 1.92. The van der Waals surface area contributed by atoms with Gasteiger partial charge >= 0.3 is 5.97 Å². The molecule has 2 rings (SSSR count). The van der Waals surface area contributed by atoms with Crippen molar-refractivity contribution in [1.29, 1.82) is 0 Å². The molecule has 0 aromatic carbocycles. The molecule has 0 aliphatic heterocycles. The Morgan fingerprint density at radius 2 is 1.84 bits per heavy atom. The number of rotatable bonds is 3. The summed E-state index contributed by atoms with van der Waals surface area (Å²) in [6, 6.07) is 4.34. The molecule has 1 aromatic rings. The van der Waals surface area contributed by atoms with E-state index in [1.54, 1.807) is 0 Å². The highest BCUT2D eigenvalue weighted by molar-refractivity contribution is 5.80. The average Bonchev–Trinajstić information content (AvgIpc) is 2.80. The van der Waals surface area contributed by atoms with Crippen LogP contribution in [0.5, 0.6) is 0 Å². The molecule has 1 aliphatic carbocycles.